The lowest BCUT2D eigenvalue weighted by atomic mass is 10.1. The van der Waals surface area contributed by atoms with Crippen LogP contribution in [0.15, 0.2) is 18.2 Å². The summed E-state index contributed by atoms with van der Waals surface area (Å²) in [6.07, 6.45) is 0.265. The second-order valence-corrected chi connectivity index (χ2v) is 5.63. The summed E-state index contributed by atoms with van der Waals surface area (Å²) in [6.45, 7) is 2.49. The number of fused-ring (bicyclic) bond motifs is 1. The first kappa shape index (κ1) is 17.1. The summed E-state index contributed by atoms with van der Waals surface area (Å²) >= 11 is 0. The van der Waals surface area contributed by atoms with Crippen molar-refractivity contribution in [2.24, 2.45) is 0 Å². The van der Waals surface area contributed by atoms with Crippen LogP contribution in [0.2, 0.25) is 0 Å². The lowest BCUT2D eigenvalue weighted by molar-refractivity contribution is -0.121. The molecule has 1 aromatic rings. The molecule has 7 nitrogen and oxygen atoms in total. The second kappa shape index (κ2) is 7.82. The third kappa shape index (κ3) is 4.85. The van der Waals surface area contributed by atoms with Crippen LogP contribution in [-0.2, 0) is 9.59 Å². The molecule has 0 saturated heterocycles. The Morgan fingerprint density at radius 3 is 2.65 bits per heavy atom. The number of carbonyl (C=O) groups is 2. The van der Waals surface area contributed by atoms with Gasteiger partial charge in [0.05, 0.1) is 6.04 Å². The Labute approximate surface area is 135 Å². The zero-order chi connectivity index (χ0) is 16.8. The topological polar surface area (TPSA) is 79.9 Å². The van der Waals surface area contributed by atoms with Crippen LogP contribution in [0, 0.1) is 0 Å². The molecule has 0 radical (unpaired) electrons. The van der Waals surface area contributed by atoms with Crippen molar-refractivity contribution >= 4 is 11.8 Å². The van der Waals surface area contributed by atoms with Crippen molar-refractivity contribution in [3.63, 3.8) is 0 Å². The first-order chi connectivity index (χ1) is 11.0. The Bertz CT molecular complexity index is 574. The lowest BCUT2D eigenvalue weighted by Gasteiger charge is -2.25. The number of benzene rings is 1. The van der Waals surface area contributed by atoms with Gasteiger partial charge in [0.15, 0.2) is 11.5 Å². The van der Waals surface area contributed by atoms with Crippen molar-refractivity contribution < 1.29 is 19.1 Å². The van der Waals surface area contributed by atoms with Gasteiger partial charge in [0.1, 0.15) is 0 Å². The maximum Gasteiger partial charge on any atom is 0.231 e. The molecule has 0 saturated carbocycles. The summed E-state index contributed by atoms with van der Waals surface area (Å²) in [7, 11) is 3.91. The van der Waals surface area contributed by atoms with Crippen LogP contribution in [0.5, 0.6) is 11.5 Å². The molecule has 1 aromatic carbocycles. The number of nitrogens with one attached hydrogen (secondary N) is 2. The standard InChI is InChI=1S/C16H23N3O4/c1-11(20)17-7-6-16(21)18-9-13(19(2)3)12-4-5-14-15(8-12)23-10-22-14/h4-5,8,13H,6-7,9-10H2,1-3H3,(H,17,20)(H,18,21). The maximum atomic E-state index is 11.8. The number of hydrogen-bond donors (Lipinski definition) is 2. The zero-order valence-electron chi connectivity index (χ0n) is 13.7. The highest BCUT2D eigenvalue weighted by atomic mass is 16.7. The highest BCUT2D eigenvalue weighted by molar-refractivity contribution is 5.77. The molecule has 1 aliphatic heterocycles. The van der Waals surface area contributed by atoms with Crippen molar-refractivity contribution in [1.29, 1.82) is 0 Å². The van der Waals surface area contributed by atoms with Crippen LogP contribution >= 0.6 is 0 Å². The minimum absolute atomic E-state index is 0.0224. The summed E-state index contributed by atoms with van der Waals surface area (Å²) in [5, 5.41) is 5.51. The molecule has 0 spiro atoms. The van der Waals surface area contributed by atoms with Gasteiger partial charge in [-0.2, -0.15) is 0 Å². The van der Waals surface area contributed by atoms with E-state index < -0.39 is 0 Å². The van der Waals surface area contributed by atoms with Crippen molar-refractivity contribution in [1.82, 2.24) is 15.5 Å². The lowest BCUT2D eigenvalue weighted by Crippen LogP contribution is -2.36. The van der Waals surface area contributed by atoms with E-state index in [0.717, 1.165) is 17.1 Å². The zero-order valence-corrected chi connectivity index (χ0v) is 13.7. The summed E-state index contributed by atoms with van der Waals surface area (Å²) in [5.41, 5.74) is 1.04. The number of nitrogens with zero attached hydrogens (tertiary/aromatic N) is 1. The van der Waals surface area contributed by atoms with E-state index in [1.165, 1.54) is 6.92 Å². The number of ether oxygens (including phenoxy) is 2. The van der Waals surface area contributed by atoms with Crippen LogP contribution in [0.25, 0.3) is 0 Å². The quantitative estimate of drug-likeness (QED) is 0.771. The Morgan fingerprint density at radius 2 is 1.96 bits per heavy atom. The molecule has 1 unspecified atom stereocenters. The summed E-state index contributed by atoms with van der Waals surface area (Å²) in [4.78, 5) is 24.7. The van der Waals surface area contributed by atoms with Crippen LogP contribution < -0.4 is 20.1 Å². The van der Waals surface area contributed by atoms with Gasteiger partial charge in [-0.05, 0) is 31.8 Å². The molecule has 0 aromatic heterocycles. The molecule has 23 heavy (non-hydrogen) atoms. The van der Waals surface area contributed by atoms with E-state index in [1.54, 1.807) is 0 Å². The number of rotatable bonds is 7. The minimum atomic E-state index is -0.135. The van der Waals surface area contributed by atoms with Gasteiger partial charge < -0.3 is 25.0 Å². The van der Waals surface area contributed by atoms with Gasteiger partial charge in [0, 0.05) is 26.4 Å². The molecule has 2 rings (SSSR count). The van der Waals surface area contributed by atoms with E-state index in [0.29, 0.717) is 13.1 Å². The van der Waals surface area contributed by atoms with Gasteiger partial charge in [0.2, 0.25) is 18.6 Å². The summed E-state index contributed by atoms with van der Waals surface area (Å²) < 4.78 is 10.7. The molecular formula is C16H23N3O4. The Kier molecular flexibility index (Phi) is 5.81. The Balaban J connectivity index is 1.91. The highest BCUT2D eigenvalue weighted by Crippen LogP contribution is 2.34. The van der Waals surface area contributed by atoms with Crippen LogP contribution in [0.3, 0.4) is 0 Å². The maximum absolute atomic E-state index is 11.8. The molecule has 0 fully saturated rings. The first-order valence-electron chi connectivity index (χ1n) is 7.54. The van der Waals surface area contributed by atoms with Crippen molar-refractivity contribution in [3.8, 4) is 11.5 Å². The third-order valence-corrected chi connectivity index (χ3v) is 3.62. The third-order valence-electron chi connectivity index (χ3n) is 3.62. The van der Waals surface area contributed by atoms with Crippen molar-refractivity contribution in [2.45, 2.75) is 19.4 Å². The van der Waals surface area contributed by atoms with Gasteiger partial charge >= 0.3 is 0 Å². The highest BCUT2D eigenvalue weighted by Gasteiger charge is 2.20. The smallest absolute Gasteiger partial charge is 0.231 e. The van der Waals surface area contributed by atoms with Crippen LogP contribution in [0.4, 0.5) is 0 Å². The molecule has 2 amide bonds. The molecule has 1 heterocycles. The fourth-order valence-electron chi connectivity index (χ4n) is 2.37. The van der Waals surface area contributed by atoms with Crippen LogP contribution in [-0.4, -0.2) is 50.7 Å². The van der Waals surface area contributed by atoms with Crippen molar-refractivity contribution in [2.75, 3.05) is 34.0 Å². The fourth-order valence-corrected chi connectivity index (χ4v) is 2.37. The number of likely N-dealkylation sites (N-methyl/N-ethyl adjacent to an activating group) is 1. The van der Waals surface area contributed by atoms with E-state index in [9.17, 15) is 9.59 Å². The largest absolute Gasteiger partial charge is 0.454 e. The van der Waals surface area contributed by atoms with Gasteiger partial charge in [-0.15, -0.1) is 0 Å². The minimum Gasteiger partial charge on any atom is -0.454 e. The number of amides is 2. The predicted octanol–water partition coefficient (Wildman–Crippen LogP) is 0.660. The monoisotopic (exact) mass is 321 g/mol. The van der Waals surface area contributed by atoms with Gasteiger partial charge in [0.25, 0.3) is 0 Å². The van der Waals surface area contributed by atoms with E-state index in [4.69, 9.17) is 9.47 Å². The fraction of sp³-hybridized carbons (Fsp3) is 0.500. The first-order valence-corrected chi connectivity index (χ1v) is 7.54. The molecular weight excluding hydrogens is 298 g/mol. The Morgan fingerprint density at radius 1 is 1.22 bits per heavy atom. The van der Waals surface area contributed by atoms with Crippen molar-refractivity contribution in [3.05, 3.63) is 23.8 Å². The SMILES string of the molecule is CC(=O)NCCC(=O)NCC(c1ccc2c(c1)OCO2)N(C)C. The van der Waals surface area contributed by atoms with Gasteiger partial charge in [-0.25, -0.2) is 0 Å². The summed E-state index contributed by atoms with van der Waals surface area (Å²) in [6, 6.07) is 5.82. The van der Waals surface area contributed by atoms with E-state index in [1.807, 2.05) is 37.2 Å². The molecule has 7 heteroatoms. The average Bonchev–Trinajstić information content (AvgIpc) is 2.94. The van der Waals surface area contributed by atoms with Gasteiger partial charge in [-0.1, -0.05) is 6.07 Å². The number of hydrogen-bond acceptors (Lipinski definition) is 5. The van der Waals surface area contributed by atoms with E-state index in [2.05, 4.69) is 10.6 Å². The molecule has 126 valence electrons. The second-order valence-electron chi connectivity index (χ2n) is 5.63. The van der Waals surface area contributed by atoms with Crippen LogP contribution in [0.1, 0.15) is 24.9 Å². The number of carbonyl (C=O) groups excluding carboxylic acids is 2. The Hall–Kier alpha value is -2.28. The molecule has 0 bridgehead atoms. The van der Waals surface area contributed by atoms with E-state index in [-0.39, 0.29) is 31.1 Å². The molecule has 2 N–H and O–H groups in total. The van der Waals surface area contributed by atoms with E-state index >= 15 is 0 Å². The predicted molar refractivity (Wildman–Crippen MR) is 85.3 cm³/mol. The molecule has 1 atom stereocenters. The summed E-state index contributed by atoms with van der Waals surface area (Å²) in [5.74, 6) is 1.24. The normalized spacial score (nSPS) is 13.7. The van der Waals surface area contributed by atoms with Gasteiger partial charge in [-0.3, -0.25) is 9.59 Å². The molecule has 1 aliphatic rings. The average molecular weight is 321 g/mol. The molecule has 0 aliphatic carbocycles.